The molecule has 0 saturated heterocycles. The molecule has 2 rings (SSSR count). The summed E-state index contributed by atoms with van der Waals surface area (Å²) in [5.74, 6) is -2.50. The number of amidine groups is 1. The lowest BCUT2D eigenvalue weighted by Crippen LogP contribution is -2.47. The van der Waals surface area contributed by atoms with E-state index < -0.39 is 35.8 Å². The van der Waals surface area contributed by atoms with Crippen LogP contribution in [0.3, 0.4) is 0 Å². The smallest absolute Gasteiger partial charge is 0.343 e. The average Bonchev–Trinajstić information content (AvgIpc) is 3.01. The molecule has 0 aliphatic rings. The number of esters is 4. The van der Waals surface area contributed by atoms with Crippen molar-refractivity contribution in [3.63, 3.8) is 0 Å². The largest absolute Gasteiger partial charge is 0.466 e. The van der Waals surface area contributed by atoms with E-state index in [4.69, 9.17) is 30.1 Å². The summed E-state index contributed by atoms with van der Waals surface area (Å²) in [6.45, 7) is 7.10. The molecular weight excluding hydrogens is 582 g/mol. The van der Waals surface area contributed by atoms with Gasteiger partial charge in [-0.05, 0) is 88.6 Å². The van der Waals surface area contributed by atoms with Crippen molar-refractivity contribution in [2.45, 2.75) is 59.4 Å². The van der Waals surface area contributed by atoms with Crippen molar-refractivity contribution in [2.75, 3.05) is 26.4 Å². The van der Waals surface area contributed by atoms with E-state index in [-0.39, 0.29) is 74.8 Å². The van der Waals surface area contributed by atoms with Gasteiger partial charge in [-0.2, -0.15) is 0 Å². The molecule has 0 aliphatic carbocycles. The van der Waals surface area contributed by atoms with Crippen molar-refractivity contribution < 1.29 is 42.9 Å². The van der Waals surface area contributed by atoms with Gasteiger partial charge in [-0.25, -0.2) is 9.59 Å². The zero-order valence-corrected chi connectivity index (χ0v) is 26.1. The van der Waals surface area contributed by atoms with E-state index in [0.717, 1.165) is 0 Å². The Bertz CT molecular complexity index is 1370. The molecule has 2 aromatic rings. The second kappa shape index (κ2) is 18.6. The topological polar surface area (TPSA) is 175 Å². The maximum absolute atomic E-state index is 13.7. The lowest BCUT2D eigenvalue weighted by Gasteiger charge is -2.30. The number of nitrogen functional groups attached to an aromatic ring is 1. The van der Waals surface area contributed by atoms with Gasteiger partial charge in [-0.15, -0.1) is 0 Å². The number of hydrogen-bond acceptors (Lipinski definition) is 10. The first-order valence-electron chi connectivity index (χ1n) is 14.7. The van der Waals surface area contributed by atoms with Crippen molar-refractivity contribution >= 4 is 41.7 Å². The maximum Gasteiger partial charge on any atom is 0.343 e. The number of carbonyl (C=O) groups is 5. The van der Waals surface area contributed by atoms with Crippen LogP contribution >= 0.6 is 0 Å². The monoisotopic (exact) mass is 623 g/mol. The van der Waals surface area contributed by atoms with Crippen LogP contribution in [0.25, 0.3) is 6.08 Å². The first kappa shape index (κ1) is 36.2. The zero-order chi connectivity index (χ0) is 33.4. The van der Waals surface area contributed by atoms with Crippen molar-refractivity contribution in [1.29, 1.82) is 5.41 Å². The highest BCUT2D eigenvalue weighted by atomic mass is 16.5. The number of carbonyl (C=O) groups excluding carboxylic acids is 5. The Labute approximate surface area is 263 Å². The first-order chi connectivity index (χ1) is 21.5. The molecule has 0 radical (unpaired) electrons. The molecule has 0 saturated carbocycles. The summed E-state index contributed by atoms with van der Waals surface area (Å²) in [6, 6.07) is 11.5. The van der Waals surface area contributed by atoms with Crippen LogP contribution in [-0.2, 0) is 33.4 Å². The Balaban J connectivity index is 2.25. The van der Waals surface area contributed by atoms with Gasteiger partial charge < -0.3 is 29.6 Å². The van der Waals surface area contributed by atoms with Gasteiger partial charge in [0.15, 0.2) is 0 Å². The summed E-state index contributed by atoms with van der Waals surface area (Å²) in [6.07, 6.45) is 1.72. The van der Waals surface area contributed by atoms with Gasteiger partial charge in [0, 0.05) is 30.5 Å². The minimum Gasteiger partial charge on any atom is -0.466 e. The predicted octanol–water partition coefficient (Wildman–Crippen LogP) is 4.04. The van der Waals surface area contributed by atoms with Crippen molar-refractivity contribution in [1.82, 2.24) is 4.90 Å². The molecule has 0 aliphatic heterocycles. The van der Waals surface area contributed by atoms with Crippen LogP contribution in [0.4, 0.5) is 0 Å². The minimum absolute atomic E-state index is 0.0234. The minimum atomic E-state index is -1.09. The number of nitrogens with one attached hydrogen (secondary N) is 1. The number of nitrogens with zero attached hydrogens (tertiary/aromatic N) is 1. The molecule has 0 aromatic heterocycles. The second-order valence-corrected chi connectivity index (χ2v) is 9.80. The lowest BCUT2D eigenvalue weighted by atomic mass is 10.0. The first-order valence-corrected chi connectivity index (χ1v) is 14.7. The molecule has 12 nitrogen and oxygen atoms in total. The van der Waals surface area contributed by atoms with Gasteiger partial charge in [0.1, 0.15) is 17.6 Å². The van der Waals surface area contributed by atoms with Crippen LogP contribution < -0.4 is 10.5 Å². The highest BCUT2D eigenvalue weighted by Gasteiger charge is 2.32. The number of benzene rings is 2. The molecule has 2 aromatic carbocycles. The highest BCUT2D eigenvalue weighted by Crippen LogP contribution is 2.19. The fourth-order valence-corrected chi connectivity index (χ4v) is 4.28. The summed E-state index contributed by atoms with van der Waals surface area (Å²) in [5, 5.41) is 7.45. The number of amides is 1. The molecule has 0 fully saturated rings. The number of rotatable bonds is 17. The molecule has 1 amide bonds. The maximum atomic E-state index is 13.7. The van der Waals surface area contributed by atoms with Crippen LogP contribution in [0.2, 0.25) is 0 Å². The second-order valence-electron chi connectivity index (χ2n) is 9.80. The molecule has 0 unspecified atom stereocenters. The normalized spacial score (nSPS) is 11.6. The quantitative estimate of drug-likeness (QED) is 0.0653. The molecule has 1 atom stereocenters. The van der Waals surface area contributed by atoms with E-state index in [2.05, 4.69) is 0 Å². The van der Waals surface area contributed by atoms with Gasteiger partial charge >= 0.3 is 23.9 Å². The Morgan fingerprint density at radius 1 is 0.822 bits per heavy atom. The third-order valence-corrected chi connectivity index (χ3v) is 6.45. The van der Waals surface area contributed by atoms with Gasteiger partial charge in [-0.3, -0.25) is 19.8 Å². The Kier molecular flexibility index (Phi) is 15.0. The highest BCUT2D eigenvalue weighted by molar-refractivity contribution is 6.00. The summed E-state index contributed by atoms with van der Waals surface area (Å²) in [4.78, 5) is 64.7. The fraction of sp³-hybridized carbons (Fsp3) is 0.394. The third-order valence-electron chi connectivity index (χ3n) is 6.45. The Morgan fingerprint density at radius 3 is 1.93 bits per heavy atom. The van der Waals surface area contributed by atoms with Crippen molar-refractivity contribution in [3.8, 4) is 5.75 Å². The molecule has 45 heavy (non-hydrogen) atoms. The van der Waals surface area contributed by atoms with E-state index in [0.29, 0.717) is 11.1 Å². The van der Waals surface area contributed by atoms with Gasteiger partial charge in [0.25, 0.3) is 0 Å². The summed E-state index contributed by atoms with van der Waals surface area (Å²) < 4.78 is 20.6. The summed E-state index contributed by atoms with van der Waals surface area (Å²) >= 11 is 0. The van der Waals surface area contributed by atoms with Gasteiger partial charge in [-0.1, -0.05) is 12.1 Å². The molecule has 0 heterocycles. The van der Waals surface area contributed by atoms with Crippen LogP contribution in [0.1, 0.15) is 74.9 Å². The number of hydrogen-bond donors (Lipinski definition) is 2. The fourth-order valence-electron chi connectivity index (χ4n) is 4.28. The lowest BCUT2D eigenvalue weighted by molar-refractivity contribution is -0.155. The van der Waals surface area contributed by atoms with Crippen molar-refractivity contribution in [2.24, 2.45) is 5.73 Å². The molecule has 242 valence electrons. The predicted molar refractivity (Wildman–Crippen MR) is 166 cm³/mol. The van der Waals surface area contributed by atoms with Crippen molar-refractivity contribution in [3.05, 3.63) is 70.8 Å². The Hall–Kier alpha value is -5.00. The standard InChI is InChI=1S/C33H41N3O9/c1-5-42-28(37)9-8-20-36(27(33(41)44-7-3)18-19-29(38)43-6-2)31(39)22(4)21-23-10-12-25(13-11-23)32(40)45-26-16-14-24(15-17-26)30(34)35/h10-17,21,27H,5-9,18-20H2,1-4H3,(H3,34,35)/b22-21+/t27-/m1/s1. The zero-order valence-electron chi connectivity index (χ0n) is 26.1. The van der Waals surface area contributed by atoms with Crippen LogP contribution in [-0.4, -0.2) is 72.9 Å². The van der Waals surface area contributed by atoms with Gasteiger partial charge in [0.2, 0.25) is 5.91 Å². The van der Waals surface area contributed by atoms with Crippen LogP contribution in [0.5, 0.6) is 5.75 Å². The van der Waals surface area contributed by atoms with E-state index in [1.165, 1.54) is 17.0 Å². The Morgan fingerprint density at radius 2 is 1.38 bits per heavy atom. The average molecular weight is 624 g/mol. The molecule has 0 spiro atoms. The number of nitrogens with two attached hydrogens (primary N) is 1. The van der Waals surface area contributed by atoms with E-state index in [1.807, 2.05) is 0 Å². The van der Waals surface area contributed by atoms with E-state index in [9.17, 15) is 24.0 Å². The van der Waals surface area contributed by atoms with Gasteiger partial charge in [0.05, 0.1) is 25.4 Å². The molecule has 3 N–H and O–H groups in total. The third kappa shape index (κ3) is 11.9. The molecular formula is C33H41N3O9. The molecule has 0 bridgehead atoms. The van der Waals surface area contributed by atoms with E-state index in [1.54, 1.807) is 70.2 Å². The van der Waals surface area contributed by atoms with Crippen LogP contribution in [0.15, 0.2) is 54.1 Å². The summed E-state index contributed by atoms with van der Waals surface area (Å²) in [7, 11) is 0. The molecule has 12 heteroatoms. The van der Waals surface area contributed by atoms with E-state index >= 15 is 0 Å². The summed E-state index contributed by atoms with van der Waals surface area (Å²) in [5.41, 5.74) is 7.10. The SMILES string of the molecule is CCOC(=O)CCCN(C(=O)/C(C)=C/c1ccc(C(=O)Oc2ccc(C(=N)N)cc2)cc1)[C@H](CCC(=O)OCC)C(=O)OCC. The number of ether oxygens (including phenoxy) is 4. The van der Waals surface area contributed by atoms with Crippen LogP contribution in [0, 0.1) is 5.41 Å².